The summed E-state index contributed by atoms with van der Waals surface area (Å²) in [4.78, 5) is 2.82. The van der Waals surface area contributed by atoms with Gasteiger partial charge in [0.15, 0.2) is 0 Å². The summed E-state index contributed by atoms with van der Waals surface area (Å²) in [5.41, 5.74) is 1.37. The Morgan fingerprint density at radius 2 is 2.00 bits per heavy atom. The van der Waals surface area contributed by atoms with E-state index in [9.17, 15) is 0 Å². The minimum Gasteiger partial charge on any atom is -0.300 e. The van der Waals surface area contributed by atoms with Crippen molar-refractivity contribution in [3.8, 4) is 0 Å². The predicted octanol–water partition coefficient (Wildman–Crippen LogP) is 3.64. The third-order valence-corrected chi connectivity index (χ3v) is 5.63. The first-order valence-corrected chi connectivity index (χ1v) is 8.95. The van der Waals surface area contributed by atoms with E-state index in [1.807, 2.05) is 10.9 Å². The zero-order chi connectivity index (χ0) is 14.7. The lowest BCUT2D eigenvalue weighted by atomic mass is 9.82. The molecule has 0 aromatic carbocycles. The summed E-state index contributed by atoms with van der Waals surface area (Å²) in [6, 6.07) is 3.05. The third kappa shape index (κ3) is 3.68. The summed E-state index contributed by atoms with van der Waals surface area (Å²) < 4.78 is 2.03. The minimum atomic E-state index is 0.726. The first-order chi connectivity index (χ1) is 10.2. The van der Waals surface area contributed by atoms with E-state index in [4.69, 9.17) is 0 Å². The van der Waals surface area contributed by atoms with Crippen molar-refractivity contribution in [3.05, 3.63) is 18.0 Å². The summed E-state index contributed by atoms with van der Waals surface area (Å²) in [5.74, 6) is 1.72. The minimum absolute atomic E-state index is 0.726. The van der Waals surface area contributed by atoms with E-state index >= 15 is 0 Å². The second-order valence-electron chi connectivity index (χ2n) is 7.36. The molecule has 1 aliphatic heterocycles. The van der Waals surface area contributed by atoms with Gasteiger partial charge in [0, 0.05) is 31.5 Å². The summed E-state index contributed by atoms with van der Waals surface area (Å²) >= 11 is 0. The first kappa shape index (κ1) is 15.1. The lowest BCUT2D eigenvalue weighted by Gasteiger charge is -2.35. The van der Waals surface area contributed by atoms with Crippen LogP contribution in [0.5, 0.6) is 0 Å². The molecule has 3 nitrogen and oxygen atoms in total. The highest BCUT2D eigenvalue weighted by atomic mass is 15.3. The van der Waals surface area contributed by atoms with Gasteiger partial charge in [0.1, 0.15) is 0 Å². The van der Waals surface area contributed by atoms with Gasteiger partial charge >= 0.3 is 0 Å². The van der Waals surface area contributed by atoms with Gasteiger partial charge in [0.25, 0.3) is 0 Å². The van der Waals surface area contributed by atoms with E-state index < -0.39 is 0 Å². The van der Waals surface area contributed by atoms with Crippen LogP contribution in [0.25, 0.3) is 0 Å². The molecule has 0 spiro atoms. The molecule has 1 saturated heterocycles. The molecular weight excluding hydrogens is 258 g/mol. The molecule has 1 aliphatic carbocycles. The van der Waals surface area contributed by atoms with Gasteiger partial charge in [0.05, 0.1) is 0 Å². The summed E-state index contributed by atoms with van der Waals surface area (Å²) in [6.07, 6.45) is 13.3. The van der Waals surface area contributed by atoms with Crippen molar-refractivity contribution >= 4 is 0 Å². The van der Waals surface area contributed by atoms with E-state index in [0.717, 1.165) is 24.3 Å². The van der Waals surface area contributed by atoms with Crippen LogP contribution in [0.1, 0.15) is 57.6 Å². The molecule has 1 aromatic heterocycles. The van der Waals surface area contributed by atoms with Crippen molar-refractivity contribution in [2.75, 3.05) is 13.1 Å². The Balaban J connectivity index is 1.54. The highest BCUT2D eigenvalue weighted by Gasteiger charge is 2.32. The van der Waals surface area contributed by atoms with Crippen LogP contribution in [-0.2, 0) is 13.5 Å². The second kappa shape index (κ2) is 6.95. The molecule has 3 heteroatoms. The fourth-order valence-corrected chi connectivity index (χ4v) is 4.55. The van der Waals surface area contributed by atoms with Gasteiger partial charge in [-0.15, -0.1) is 0 Å². The topological polar surface area (TPSA) is 21.1 Å². The van der Waals surface area contributed by atoms with Crippen LogP contribution in [0.2, 0.25) is 0 Å². The smallest absolute Gasteiger partial charge is 0.0492 e. The van der Waals surface area contributed by atoms with Crippen molar-refractivity contribution in [1.29, 1.82) is 0 Å². The van der Waals surface area contributed by atoms with Gasteiger partial charge in [0.2, 0.25) is 0 Å². The van der Waals surface area contributed by atoms with Gasteiger partial charge in [-0.25, -0.2) is 0 Å². The molecule has 0 unspecified atom stereocenters. The molecule has 2 aliphatic rings. The highest BCUT2D eigenvalue weighted by Crippen LogP contribution is 2.34. The van der Waals surface area contributed by atoms with Crippen LogP contribution in [0, 0.1) is 11.8 Å². The summed E-state index contributed by atoms with van der Waals surface area (Å²) in [7, 11) is 2.06. The Morgan fingerprint density at radius 1 is 1.19 bits per heavy atom. The van der Waals surface area contributed by atoms with E-state index in [-0.39, 0.29) is 0 Å². The largest absolute Gasteiger partial charge is 0.300 e. The van der Waals surface area contributed by atoms with Crippen molar-refractivity contribution < 1.29 is 0 Å². The standard InChI is InChI=1S/C18H31N3/c1-15(13-17-10-11-19-20(17)2)14-21-12-6-9-18(21)16-7-4-3-5-8-16/h10-11,15-16,18H,3-9,12-14H2,1-2H3/t15-,18-/m1/s1. The third-order valence-electron chi connectivity index (χ3n) is 5.63. The molecule has 0 N–H and O–H groups in total. The normalized spacial score (nSPS) is 26.3. The van der Waals surface area contributed by atoms with Gasteiger partial charge in [-0.2, -0.15) is 5.10 Å². The van der Waals surface area contributed by atoms with Crippen LogP contribution in [0.15, 0.2) is 12.3 Å². The van der Waals surface area contributed by atoms with E-state index in [0.29, 0.717) is 0 Å². The number of rotatable bonds is 5. The monoisotopic (exact) mass is 289 g/mol. The fraction of sp³-hybridized carbons (Fsp3) is 0.833. The zero-order valence-corrected chi connectivity index (χ0v) is 13.8. The Bertz CT molecular complexity index is 433. The Hall–Kier alpha value is -0.830. The quantitative estimate of drug-likeness (QED) is 0.825. The lowest BCUT2D eigenvalue weighted by Crippen LogP contribution is -2.39. The maximum atomic E-state index is 4.29. The predicted molar refractivity (Wildman–Crippen MR) is 87.2 cm³/mol. The molecule has 0 radical (unpaired) electrons. The molecular formula is C18H31N3. The Morgan fingerprint density at radius 3 is 2.71 bits per heavy atom. The van der Waals surface area contributed by atoms with Crippen LogP contribution >= 0.6 is 0 Å². The highest BCUT2D eigenvalue weighted by molar-refractivity contribution is 5.01. The van der Waals surface area contributed by atoms with Gasteiger partial charge < -0.3 is 0 Å². The molecule has 0 bridgehead atoms. The average Bonchev–Trinajstić information content (AvgIpc) is 3.10. The molecule has 21 heavy (non-hydrogen) atoms. The molecule has 2 fully saturated rings. The molecule has 3 rings (SSSR count). The zero-order valence-electron chi connectivity index (χ0n) is 13.8. The van der Waals surface area contributed by atoms with Gasteiger partial charge in [-0.3, -0.25) is 9.58 Å². The van der Waals surface area contributed by atoms with Crippen molar-refractivity contribution in [1.82, 2.24) is 14.7 Å². The Labute approximate surface area is 129 Å². The number of aromatic nitrogens is 2. The number of aryl methyl sites for hydroxylation is 1. The van der Waals surface area contributed by atoms with E-state index in [1.54, 1.807) is 0 Å². The number of nitrogens with zero attached hydrogens (tertiary/aromatic N) is 3. The van der Waals surface area contributed by atoms with Crippen LogP contribution < -0.4 is 0 Å². The first-order valence-electron chi connectivity index (χ1n) is 8.95. The number of hydrogen-bond acceptors (Lipinski definition) is 2. The van der Waals surface area contributed by atoms with E-state index in [2.05, 4.69) is 30.0 Å². The fourth-order valence-electron chi connectivity index (χ4n) is 4.55. The molecule has 2 atom stereocenters. The maximum Gasteiger partial charge on any atom is 0.0492 e. The van der Waals surface area contributed by atoms with Crippen molar-refractivity contribution in [2.24, 2.45) is 18.9 Å². The van der Waals surface area contributed by atoms with Crippen LogP contribution in [-0.4, -0.2) is 33.8 Å². The molecule has 1 aromatic rings. The van der Waals surface area contributed by atoms with Crippen LogP contribution in [0.4, 0.5) is 0 Å². The second-order valence-corrected chi connectivity index (χ2v) is 7.36. The lowest BCUT2D eigenvalue weighted by molar-refractivity contribution is 0.140. The SMILES string of the molecule is C[C@H](Cc1ccnn1C)CN1CCC[C@@H]1C1CCCCC1. The van der Waals surface area contributed by atoms with Gasteiger partial charge in [-0.05, 0) is 56.6 Å². The number of likely N-dealkylation sites (tertiary alicyclic amines) is 1. The molecule has 1 saturated carbocycles. The Kier molecular flexibility index (Phi) is 4.99. The summed E-state index contributed by atoms with van der Waals surface area (Å²) in [5, 5.41) is 4.29. The average molecular weight is 289 g/mol. The van der Waals surface area contributed by atoms with Crippen molar-refractivity contribution in [3.63, 3.8) is 0 Å². The van der Waals surface area contributed by atoms with E-state index in [1.165, 1.54) is 63.7 Å². The van der Waals surface area contributed by atoms with Gasteiger partial charge in [-0.1, -0.05) is 26.2 Å². The maximum absolute atomic E-state index is 4.29. The number of hydrogen-bond donors (Lipinski definition) is 0. The van der Waals surface area contributed by atoms with Crippen LogP contribution in [0.3, 0.4) is 0 Å². The molecule has 118 valence electrons. The molecule has 2 heterocycles. The van der Waals surface area contributed by atoms with Crippen molar-refractivity contribution in [2.45, 2.75) is 64.3 Å². The molecule has 0 amide bonds. The summed E-state index contributed by atoms with van der Waals surface area (Å²) in [6.45, 7) is 5.01.